The van der Waals surface area contributed by atoms with Crippen LogP contribution >= 0.6 is 0 Å². The predicted octanol–water partition coefficient (Wildman–Crippen LogP) is 4.08. The maximum atomic E-state index is 4.61. The molecule has 0 saturated heterocycles. The fourth-order valence-corrected chi connectivity index (χ4v) is 2.89. The fraction of sp³-hybridized carbons (Fsp3) is 0.471. The molecule has 0 aliphatic heterocycles. The lowest BCUT2D eigenvalue weighted by Crippen LogP contribution is -2.32. The number of fused-ring (bicyclic) bond motifs is 1. The molecule has 1 unspecified atom stereocenters. The summed E-state index contributed by atoms with van der Waals surface area (Å²) >= 11 is 0. The summed E-state index contributed by atoms with van der Waals surface area (Å²) in [4.78, 5) is 4.61. The first-order valence-electron chi connectivity index (χ1n) is 7.46. The van der Waals surface area contributed by atoms with Crippen LogP contribution in [0.2, 0.25) is 0 Å². The zero-order valence-electron chi connectivity index (χ0n) is 11.6. The molecule has 2 heteroatoms. The lowest BCUT2D eigenvalue weighted by Gasteiger charge is -2.34. The van der Waals surface area contributed by atoms with E-state index in [-0.39, 0.29) is 0 Å². The highest BCUT2D eigenvalue weighted by Crippen LogP contribution is 2.38. The van der Waals surface area contributed by atoms with Gasteiger partial charge in [0, 0.05) is 17.6 Å². The molecule has 100 valence electrons. The van der Waals surface area contributed by atoms with Crippen molar-refractivity contribution >= 4 is 10.9 Å². The summed E-state index contributed by atoms with van der Waals surface area (Å²) < 4.78 is 0. The smallest absolute Gasteiger partial charge is 0.0702 e. The highest BCUT2D eigenvalue weighted by molar-refractivity contribution is 5.78. The van der Waals surface area contributed by atoms with E-state index < -0.39 is 0 Å². The molecule has 1 heterocycles. The van der Waals surface area contributed by atoms with Crippen LogP contribution in [0.1, 0.15) is 44.2 Å². The molecular formula is C17H22N2. The number of pyridine rings is 1. The van der Waals surface area contributed by atoms with Gasteiger partial charge in [-0.3, -0.25) is 4.98 Å². The van der Waals surface area contributed by atoms with Gasteiger partial charge in [-0.15, -0.1) is 0 Å². The van der Waals surface area contributed by atoms with E-state index in [0.29, 0.717) is 6.04 Å². The third-order valence-electron chi connectivity index (χ3n) is 4.21. The zero-order valence-corrected chi connectivity index (χ0v) is 11.6. The predicted molar refractivity (Wildman–Crippen MR) is 80.1 cm³/mol. The Hall–Kier alpha value is -1.41. The summed E-state index contributed by atoms with van der Waals surface area (Å²) in [7, 11) is 0. The Labute approximate surface area is 115 Å². The van der Waals surface area contributed by atoms with E-state index in [1.165, 1.54) is 36.6 Å². The van der Waals surface area contributed by atoms with Crippen molar-refractivity contribution in [3.8, 4) is 0 Å². The van der Waals surface area contributed by atoms with Gasteiger partial charge in [-0.05, 0) is 49.4 Å². The van der Waals surface area contributed by atoms with Crippen molar-refractivity contribution in [1.82, 2.24) is 10.3 Å². The van der Waals surface area contributed by atoms with Gasteiger partial charge in [0.05, 0.1) is 5.52 Å². The minimum atomic E-state index is 0.491. The van der Waals surface area contributed by atoms with Gasteiger partial charge >= 0.3 is 0 Å². The quantitative estimate of drug-likeness (QED) is 0.869. The van der Waals surface area contributed by atoms with Gasteiger partial charge in [0.15, 0.2) is 0 Å². The van der Waals surface area contributed by atoms with Crippen molar-refractivity contribution in [1.29, 1.82) is 0 Å². The maximum Gasteiger partial charge on any atom is 0.0702 e. The molecule has 1 atom stereocenters. The van der Waals surface area contributed by atoms with Crippen molar-refractivity contribution < 1.29 is 0 Å². The average molecular weight is 254 g/mol. The van der Waals surface area contributed by atoms with Gasteiger partial charge < -0.3 is 5.32 Å². The Morgan fingerprint density at radius 1 is 1.32 bits per heavy atom. The summed E-state index contributed by atoms with van der Waals surface area (Å²) in [6.07, 6.45) is 7.34. The van der Waals surface area contributed by atoms with Crippen LogP contribution in [0.25, 0.3) is 10.9 Å². The van der Waals surface area contributed by atoms with Gasteiger partial charge in [-0.2, -0.15) is 0 Å². The second kappa shape index (κ2) is 5.70. The van der Waals surface area contributed by atoms with E-state index in [1.807, 2.05) is 6.07 Å². The zero-order chi connectivity index (χ0) is 13.1. The molecule has 2 aromatic rings. The van der Waals surface area contributed by atoms with Crippen molar-refractivity contribution in [2.45, 2.75) is 38.6 Å². The van der Waals surface area contributed by atoms with E-state index in [9.17, 15) is 0 Å². The number of hydrogen-bond acceptors (Lipinski definition) is 2. The van der Waals surface area contributed by atoms with Crippen molar-refractivity contribution in [3.05, 3.63) is 42.1 Å². The molecule has 0 spiro atoms. The van der Waals surface area contributed by atoms with E-state index >= 15 is 0 Å². The first-order chi connectivity index (χ1) is 9.38. The van der Waals surface area contributed by atoms with Crippen LogP contribution in [0.15, 0.2) is 36.5 Å². The van der Waals surface area contributed by atoms with Crippen LogP contribution in [0.4, 0.5) is 0 Å². The highest BCUT2D eigenvalue weighted by atomic mass is 14.9. The normalized spacial score (nSPS) is 17.3. The van der Waals surface area contributed by atoms with E-state index in [2.05, 4.69) is 47.7 Å². The van der Waals surface area contributed by atoms with Crippen LogP contribution in [0, 0.1) is 5.92 Å². The number of rotatable bonds is 5. The number of benzene rings is 1. The molecule has 0 radical (unpaired) electrons. The number of nitrogens with one attached hydrogen (secondary N) is 1. The molecule has 19 heavy (non-hydrogen) atoms. The molecule has 1 aliphatic rings. The van der Waals surface area contributed by atoms with Gasteiger partial charge in [0.2, 0.25) is 0 Å². The monoisotopic (exact) mass is 254 g/mol. The van der Waals surface area contributed by atoms with Crippen LogP contribution < -0.4 is 5.32 Å². The van der Waals surface area contributed by atoms with Gasteiger partial charge in [-0.25, -0.2) is 0 Å². The highest BCUT2D eigenvalue weighted by Gasteiger charge is 2.28. The van der Waals surface area contributed by atoms with Crippen LogP contribution in [0.3, 0.4) is 0 Å². The minimum Gasteiger partial charge on any atom is -0.310 e. The first-order valence-corrected chi connectivity index (χ1v) is 7.46. The molecule has 1 saturated carbocycles. The standard InChI is InChI=1S/C17H22N2/c1-2-10-18-17(13-7-5-8-13)15-11-14-6-3-4-9-16(14)19-12-15/h3-4,6,9,11-13,17-18H,2,5,7-8,10H2,1H3. The summed E-state index contributed by atoms with van der Waals surface area (Å²) in [5.74, 6) is 0.800. The molecule has 0 bridgehead atoms. The minimum absolute atomic E-state index is 0.491. The maximum absolute atomic E-state index is 4.61. The molecule has 3 rings (SSSR count). The van der Waals surface area contributed by atoms with Crippen molar-refractivity contribution in [2.75, 3.05) is 6.54 Å². The molecule has 1 N–H and O–H groups in total. The van der Waals surface area contributed by atoms with E-state index in [1.54, 1.807) is 0 Å². The number of para-hydroxylation sites is 1. The van der Waals surface area contributed by atoms with Gasteiger partial charge in [0.25, 0.3) is 0 Å². The third-order valence-corrected chi connectivity index (χ3v) is 4.21. The number of nitrogens with zero attached hydrogens (tertiary/aromatic N) is 1. The summed E-state index contributed by atoms with van der Waals surface area (Å²) in [6, 6.07) is 11.2. The first kappa shape index (κ1) is 12.6. The Bertz CT molecular complexity index is 546. The van der Waals surface area contributed by atoms with Gasteiger partial charge in [-0.1, -0.05) is 31.5 Å². The van der Waals surface area contributed by atoms with Crippen molar-refractivity contribution in [3.63, 3.8) is 0 Å². The molecule has 1 aromatic heterocycles. The summed E-state index contributed by atoms with van der Waals surface area (Å²) in [5, 5.41) is 4.96. The van der Waals surface area contributed by atoms with Gasteiger partial charge in [0.1, 0.15) is 0 Å². The Balaban J connectivity index is 1.89. The largest absolute Gasteiger partial charge is 0.310 e. The number of aromatic nitrogens is 1. The Morgan fingerprint density at radius 2 is 2.16 bits per heavy atom. The Kier molecular flexibility index (Phi) is 3.79. The van der Waals surface area contributed by atoms with E-state index in [4.69, 9.17) is 0 Å². The average Bonchev–Trinajstić information content (AvgIpc) is 2.40. The van der Waals surface area contributed by atoms with Crippen LogP contribution in [-0.2, 0) is 0 Å². The lowest BCUT2D eigenvalue weighted by molar-refractivity contribution is 0.231. The molecule has 0 amide bonds. The third kappa shape index (κ3) is 2.64. The van der Waals surface area contributed by atoms with Crippen molar-refractivity contribution in [2.24, 2.45) is 5.92 Å². The SMILES string of the molecule is CCCNC(c1cnc2ccccc2c1)C1CCC1. The molecule has 1 fully saturated rings. The van der Waals surface area contributed by atoms with Crippen LogP contribution in [-0.4, -0.2) is 11.5 Å². The molecule has 1 aliphatic carbocycles. The fourth-order valence-electron chi connectivity index (χ4n) is 2.89. The topological polar surface area (TPSA) is 24.9 Å². The molecule has 1 aromatic carbocycles. The van der Waals surface area contributed by atoms with E-state index in [0.717, 1.165) is 18.0 Å². The van der Waals surface area contributed by atoms with Crippen LogP contribution in [0.5, 0.6) is 0 Å². The molecule has 2 nitrogen and oxygen atoms in total. The Morgan fingerprint density at radius 3 is 2.89 bits per heavy atom. The summed E-state index contributed by atoms with van der Waals surface area (Å²) in [6.45, 7) is 3.32. The molecular weight excluding hydrogens is 232 g/mol. The lowest BCUT2D eigenvalue weighted by atomic mass is 9.77. The second-order valence-electron chi connectivity index (χ2n) is 5.58. The summed E-state index contributed by atoms with van der Waals surface area (Å²) in [5.41, 5.74) is 2.45. The second-order valence-corrected chi connectivity index (χ2v) is 5.58. The number of hydrogen-bond donors (Lipinski definition) is 1.